The fraction of sp³-hybridized carbons (Fsp3) is 0.725. The standard InChI is InChI=1S/C51H80N8O18S/c1-4-5-6-7-8-9-10-11-12-13-14-15-16-17-40(66)54-34-24-32(61)26-53-49(71)44-45(67)29(2)27-59(44)51(73)43(37(64)20-21-52)57-48(70)42(38(65)22-31-18-19-36(63)39(23-31)75-78-77-76-74)56-47(69)35-25-33(62)28-58(35)50(72)41(30(3)60)55-46(34)68/h18-19,23,29-30,32-35,37-38,41-45,60-65,67,74H,4-17,20,22,24-28H2,1-3H3,(H,53,71)(H,54,66)(H,55,68)(H,56,69)(H,57,70)/t29?,30?,32-,33?,34-,35?,37+,38+,41?,42?,43-,44?,45-/m0/s1. The number of hydrogen-bond donors (Lipinski definition) is 13. The summed E-state index contributed by atoms with van der Waals surface area (Å²) in [6.45, 7) is 3.36. The van der Waals surface area contributed by atoms with E-state index < -0.39 is 165 Å². The fourth-order valence-corrected chi connectivity index (χ4v) is 10.1. The molecule has 4 rings (SSSR count). The Hall–Kier alpha value is -5.41. The number of unbranched alkanes of at least 4 members (excludes halogenated alkanes) is 12. The van der Waals surface area contributed by atoms with Gasteiger partial charge in [0.05, 0.1) is 49.1 Å². The second-order valence-electron chi connectivity index (χ2n) is 20.5. The summed E-state index contributed by atoms with van der Waals surface area (Å²) in [6, 6.07) is -5.77. The van der Waals surface area contributed by atoms with Gasteiger partial charge >= 0.3 is 0 Å². The molecule has 1 aromatic rings. The van der Waals surface area contributed by atoms with E-state index in [4.69, 9.17) is 9.44 Å². The van der Waals surface area contributed by atoms with Gasteiger partial charge in [0.2, 0.25) is 41.4 Å². The molecule has 3 fully saturated rings. The van der Waals surface area contributed by atoms with Gasteiger partial charge in [-0.05, 0) is 31.0 Å². The van der Waals surface area contributed by atoms with Crippen molar-refractivity contribution < 1.29 is 88.1 Å². The van der Waals surface area contributed by atoms with Crippen LogP contribution in [-0.2, 0) is 49.4 Å². The molecule has 26 nitrogen and oxygen atoms in total. The summed E-state index contributed by atoms with van der Waals surface area (Å²) in [6.07, 6.45) is 1.30. The van der Waals surface area contributed by atoms with Crippen molar-refractivity contribution in [2.24, 2.45) is 5.92 Å². The first kappa shape index (κ1) is 65.1. The van der Waals surface area contributed by atoms with E-state index in [0.717, 1.165) is 54.9 Å². The van der Waals surface area contributed by atoms with Crippen LogP contribution < -0.4 is 30.8 Å². The third-order valence-electron chi connectivity index (χ3n) is 14.2. The number of aromatic hydroxyl groups is 1. The molecule has 0 radical (unpaired) electrons. The van der Waals surface area contributed by atoms with Crippen molar-refractivity contribution in [3.63, 3.8) is 0 Å². The highest BCUT2D eigenvalue weighted by atomic mass is 32.2. The Morgan fingerprint density at radius 1 is 0.782 bits per heavy atom. The van der Waals surface area contributed by atoms with Crippen LogP contribution in [0.2, 0.25) is 0 Å². The van der Waals surface area contributed by atoms with Crippen molar-refractivity contribution in [2.45, 2.75) is 209 Å². The molecule has 3 saturated heterocycles. The molecule has 7 amide bonds. The molecule has 78 heavy (non-hydrogen) atoms. The number of nitriles is 1. The summed E-state index contributed by atoms with van der Waals surface area (Å²) < 4.78 is 9.28. The van der Waals surface area contributed by atoms with Crippen LogP contribution in [0.4, 0.5) is 0 Å². The highest BCUT2D eigenvalue weighted by Crippen LogP contribution is 2.31. The molecule has 0 spiro atoms. The van der Waals surface area contributed by atoms with Gasteiger partial charge in [-0.15, -0.1) is 0 Å². The lowest BCUT2D eigenvalue weighted by Crippen LogP contribution is -2.64. The van der Waals surface area contributed by atoms with E-state index in [1.165, 1.54) is 64.0 Å². The van der Waals surface area contributed by atoms with Crippen LogP contribution >= 0.6 is 12.3 Å². The zero-order valence-corrected chi connectivity index (χ0v) is 45.3. The van der Waals surface area contributed by atoms with Crippen molar-refractivity contribution in [1.29, 1.82) is 5.26 Å². The van der Waals surface area contributed by atoms with E-state index in [1.807, 2.05) is 0 Å². The number of fused-ring (bicyclic) bond motifs is 2. The van der Waals surface area contributed by atoms with Crippen molar-refractivity contribution in [1.82, 2.24) is 36.4 Å². The number of hydrogen-bond acceptors (Lipinski definition) is 20. The molecule has 0 aromatic heterocycles. The van der Waals surface area contributed by atoms with Gasteiger partial charge in [-0.1, -0.05) is 106 Å². The van der Waals surface area contributed by atoms with Crippen molar-refractivity contribution >= 4 is 53.7 Å². The molecule has 7 unspecified atom stereocenters. The molecular weight excluding hydrogens is 1040 g/mol. The minimum atomic E-state index is -2.12. The van der Waals surface area contributed by atoms with E-state index in [-0.39, 0.29) is 36.6 Å². The summed E-state index contributed by atoms with van der Waals surface area (Å²) in [4.78, 5) is 101. The van der Waals surface area contributed by atoms with Gasteiger partial charge in [-0.2, -0.15) is 5.26 Å². The second-order valence-corrected chi connectivity index (χ2v) is 21.0. The molecule has 13 atom stereocenters. The Kier molecular flexibility index (Phi) is 27.7. The number of β-amino-alcohol motifs (C(OH)–C–C–N with tert-alkyl or cyclic N) is 1. The first-order chi connectivity index (χ1) is 37.2. The maximum atomic E-state index is 14.5. The molecule has 0 saturated carbocycles. The first-order valence-corrected chi connectivity index (χ1v) is 27.6. The van der Waals surface area contributed by atoms with E-state index >= 15 is 0 Å². The zero-order chi connectivity index (χ0) is 57.5. The van der Waals surface area contributed by atoms with Gasteiger partial charge < -0.3 is 76.3 Å². The Morgan fingerprint density at radius 3 is 2.00 bits per heavy atom. The molecule has 3 heterocycles. The van der Waals surface area contributed by atoms with Gasteiger partial charge in [0.15, 0.2) is 11.5 Å². The SMILES string of the molecule is CCCCCCCCCCCCCCCC(=O)N[C@H]1C[C@H](O)CNC(=O)C2[C@@H](O)C(C)CN2C(=O)[C@H]([C@H](O)CC#N)NC(=O)C([C@H](O)Cc2ccc(O)c(OSOOO)c2)NC(=O)C2CC(O)CN2C(=O)C(C(C)O)NC1=O. The number of aliphatic hydroxyl groups is 6. The minimum absolute atomic E-state index is 0.00540. The summed E-state index contributed by atoms with van der Waals surface area (Å²) >= 11 is 0.0782. The molecule has 0 bridgehead atoms. The number of amides is 7. The van der Waals surface area contributed by atoms with Crippen molar-refractivity contribution in [3.05, 3.63) is 23.8 Å². The second kappa shape index (κ2) is 33.2. The van der Waals surface area contributed by atoms with Crippen LogP contribution in [-0.4, -0.2) is 185 Å². The molecule has 27 heteroatoms. The summed E-state index contributed by atoms with van der Waals surface area (Å²) in [7, 11) is 0. The minimum Gasteiger partial charge on any atom is -0.504 e. The Morgan fingerprint density at radius 2 is 1.38 bits per heavy atom. The summed E-state index contributed by atoms with van der Waals surface area (Å²) in [5.41, 5.74) is 0.124. The highest BCUT2D eigenvalue weighted by Gasteiger charge is 2.49. The monoisotopic (exact) mass is 1120 g/mol. The topological polar surface area (TPSA) is 399 Å². The molecule has 3 aliphatic rings. The lowest BCUT2D eigenvalue weighted by molar-refractivity contribution is -0.433. The van der Waals surface area contributed by atoms with Crippen LogP contribution in [0.15, 0.2) is 18.2 Å². The van der Waals surface area contributed by atoms with E-state index in [1.54, 1.807) is 6.07 Å². The number of phenolic OH excluding ortho intramolecular Hbond substituents is 1. The maximum absolute atomic E-state index is 14.5. The van der Waals surface area contributed by atoms with Crippen LogP contribution in [0.5, 0.6) is 11.5 Å². The van der Waals surface area contributed by atoms with Gasteiger partial charge in [0.25, 0.3) is 12.3 Å². The zero-order valence-electron chi connectivity index (χ0n) is 44.5. The number of nitrogens with zero attached hydrogens (tertiary/aromatic N) is 3. The predicted octanol–water partition coefficient (Wildman–Crippen LogP) is -0.215. The smallest absolute Gasteiger partial charge is 0.261 e. The fourth-order valence-electron chi connectivity index (χ4n) is 9.87. The number of phenols is 1. The quantitative estimate of drug-likeness (QED) is 0.0261. The van der Waals surface area contributed by atoms with E-state index in [9.17, 15) is 74.6 Å². The third-order valence-corrected chi connectivity index (χ3v) is 14.6. The molecule has 1 aromatic carbocycles. The lowest BCUT2D eigenvalue weighted by Gasteiger charge is -2.33. The summed E-state index contributed by atoms with van der Waals surface area (Å²) in [5, 5.41) is 111. The molecule has 438 valence electrons. The lowest BCUT2D eigenvalue weighted by atomic mass is 9.98. The Labute approximate surface area is 458 Å². The Bertz CT molecular complexity index is 2170. The first-order valence-electron chi connectivity index (χ1n) is 26.9. The van der Waals surface area contributed by atoms with Crippen molar-refractivity contribution in [3.8, 4) is 17.6 Å². The Balaban J connectivity index is 1.66. The number of aliphatic hydroxyl groups excluding tert-OH is 6. The van der Waals surface area contributed by atoms with Gasteiger partial charge in [0.1, 0.15) is 36.3 Å². The molecule has 13 N–H and O–H groups in total. The predicted molar refractivity (Wildman–Crippen MR) is 277 cm³/mol. The third kappa shape index (κ3) is 19.7. The number of carbonyl (C=O) groups excluding carboxylic acids is 7. The highest BCUT2D eigenvalue weighted by molar-refractivity contribution is 7.90. The van der Waals surface area contributed by atoms with E-state index in [2.05, 4.69) is 42.9 Å². The van der Waals surface area contributed by atoms with Crippen LogP contribution in [0, 0.1) is 17.2 Å². The largest absolute Gasteiger partial charge is 0.504 e. The van der Waals surface area contributed by atoms with Gasteiger partial charge in [0, 0.05) is 51.2 Å². The number of rotatable bonds is 25. The van der Waals surface area contributed by atoms with Gasteiger partial charge in [-0.25, -0.2) is 5.26 Å². The number of carbonyl (C=O) groups is 7. The number of benzene rings is 1. The van der Waals surface area contributed by atoms with Crippen LogP contribution in [0.1, 0.15) is 135 Å². The van der Waals surface area contributed by atoms with Crippen molar-refractivity contribution in [2.75, 3.05) is 19.6 Å². The average Bonchev–Trinajstić information content (AvgIpc) is 3.98. The average molecular weight is 1130 g/mol. The molecule has 3 aliphatic heterocycles. The van der Waals surface area contributed by atoms with Gasteiger partial charge in [-0.3, -0.25) is 33.6 Å². The van der Waals surface area contributed by atoms with Crippen LogP contribution in [0.25, 0.3) is 0 Å². The van der Waals surface area contributed by atoms with E-state index in [0.29, 0.717) is 6.42 Å². The number of nitrogens with one attached hydrogen (secondary N) is 5. The summed E-state index contributed by atoms with van der Waals surface area (Å²) in [5.74, 6) is -9.03. The van der Waals surface area contributed by atoms with Crippen LogP contribution in [0.3, 0.4) is 0 Å². The molecular formula is C51H80N8O18S. The normalized spacial score (nSPS) is 27.0. The maximum Gasteiger partial charge on any atom is 0.261 e. The molecule has 0 aliphatic carbocycles.